The minimum atomic E-state index is -3.30. The van der Waals surface area contributed by atoms with Crippen molar-refractivity contribution in [2.75, 3.05) is 26.7 Å². The molecule has 0 amide bonds. The number of hydrogen-bond acceptors (Lipinski definition) is 4. The van der Waals surface area contributed by atoms with Gasteiger partial charge in [-0.3, -0.25) is 0 Å². The normalized spacial score (nSPS) is 16.5. The van der Waals surface area contributed by atoms with E-state index in [2.05, 4.69) is 5.32 Å². The molecule has 128 valence electrons. The molecule has 7 heteroatoms. The van der Waals surface area contributed by atoms with Gasteiger partial charge in [0.05, 0.1) is 17.4 Å². The maximum atomic E-state index is 12.5. The highest BCUT2D eigenvalue weighted by molar-refractivity contribution is 7.88. The van der Waals surface area contributed by atoms with Gasteiger partial charge in [0.15, 0.2) is 0 Å². The zero-order chi connectivity index (χ0) is 16.0. The van der Waals surface area contributed by atoms with E-state index in [0.717, 1.165) is 25.8 Å². The molecule has 1 fully saturated rings. The van der Waals surface area contributed by atoms with Crippen LogP contribution in [-0.4, -0.2) is 39.4 Å². The summed E-state index contributed by atoms with van der Waals surface area (Å²) in [6.07, 6.45) is 2.97. The van der Waals surface area contributed by atoms with Crippen LogP contribution in [0.3, 0.4) is 0 Å². The van der Waals surface area contributed by atoms with E-state index in [1.54, 1.807) is 28.6 Å². The lowest BCUT2D eigenvalue weighted by atomic mass is 9.95. The first kappa shape index (κ1) is 19.9. The average molecular weight is 358 g/mol. The summed E-state index contributed by atoms with van der Waals surface area (Å²) in [5.41, 5.74) is 1.18. The van der Waals surface area contributed by atoms with E-state index in [-0.39, 0.29) is 18.2 Å². The summed E-state index contributed by atoms with van der Waals surface area (Å²) in [6, 6.07) is 8.87. The Kier molecular flexibility index (Phi) is 8.00. The van der Waals surface area contributed by atoms with Crippen LogP contribution in [0.5, 0.6) is 0 Å². The Morgan fingerprint density at radius 1 is 1.35 bits per heavy atom. The van der Waals surface area contributed by atoms with Crippen LogP contribution in [0.2, 0.25) is 0 Å². The fraction of sp³-hybridized carbons (Fsp3) is 0.562. The molecule has 0 aromatic heterocycles. The van der Waals surface area contributed by atoms with Crippen LogP contribution in [0, 0.1) is 17.2 Å². The van der Waals surface area contributed by atoms with Crippen molar-refractivity contribution in [1.82, 2.24) is 9.62 Å². The van der Waals surface area contributed by atoms with Gasteiger partial charge < -0.3 is 5.32 Å². The number of nitrogens with zero attached hydrogens (tertiary/aromatic N) is 2. The van der Waals surface area contributed by atoms with E-state index in [9.17, 15) is 8.42 Å². The third kappa shape index (κ3) is 5.78. The number of halogens is 1. The van der Waals surface area contributed by atoms with E-state index in [0.29, 0.717) is 30.1 Å². The molecule has 1 aliphatic rings. The van der Waals surface area contributed by atoms with Crippen LogP contribution < -0.4 is 5.32 Å². The van der Waals surface area contributed by atoms with Gasteiger partial charge in [-0.2, -0.15) is 5.26 Å². The summed E-state index contributed by atoms with van der Waals surface area (Å²) in [6.45, 7) is 2.20. The van der Waals surface area contributed by atoms with Gasteiger partial charge in [-0.25, -0.2) is 12.7 Å². The molecule has 0 radical (unpaired) electrons. The molecule has 1 aromatic carbocycles. The average Bonchev–Trinajstić information content (AvgIpc) is 2.53. The third-order valence-electron chi connectivity index (χ3n) is 4.17. The van der Waals surface area contributed by atoms with Crippen LogP contribution in [0.25, 0.3) is 0 Å². The second-order valence-corrected chi connectivity index (χ2v) is 7.77. The molecular formula is C16H24ClN3O2S. The van der Waals surface area contributed by atoms with Crippen LogP contribution in [0.4, 0.5) is 0 Å². The van der Waals surface area contributed by atoms with Crippen molar-refractivity contribution < 1.29 is 8.42 Å². The van der Waals surface area contributed by atoms with Crippen molar-refractivity contribution in [3.63, 3.8) is 0 Å². The van der Waals surface area contributed by atoms with Crippen LogP contribution in [0.1, 0.15) is 30.4 Å². The summed E-state index contributed by atoms with van der Waals surface area (Å²) in [5.74, 6) is 0.588. The predicted molar refractivity (Wildman–Crippen MR) is 93.9 cm³/mol. The second-order valence-electron chi connectivity index (χ2n) is 5.80. The molecule has 1 saturated heterocycles. The van der Waals surface area contributed by atoms with Crippen molar-refractivity contribution in [3.05, 3.63) is 35.4 Å². The molecule has 1 heterocycles. The monoisotopic (exact) mass is 357 g/mol. The Bertz CT molecular complexity index is 635. The first-order chi connectivity index (χ1) is 10.5. The number of sulfonamides is 1. The van der Waals surface area contributed by atoms with E-state index >= 15 is 0 Å². The van der Waals surface area contributed by atoms with Crippen LogP contribution in [0.15, 0.2) is 24.3 Å². The van der Waals surface area contributed by atoms with Crippen LogP contribution in [-0.2, 0) is 15.8 Å². The zero-order valence-corrected chi connectivity index (χ0v) is 15.0. The van der Waals surface area contributed by atoms with Crippen molar-refractivity contribution in [2.24, 2.45) is 5.92 Å². The zero-order valence-electron chi connectivity index (χ0n) is 13.4. The molecule has 1 aliphatic heterocycles. The van der Waals surface area contributed by atoms with Gasteiger partial charge in [-0.1, -0.05) is 12.1 Å². The fourth-order valence-electron chi connectivity index (χ4n) is 2.86. The first-order valence-corrected chi connectivity index (χ1v) is 9.27. The second kappa shape index (κ2) is 9.24. The summed E-state index contributed by atoms with van der Waals surface area (Å²) in [5, 5.41) is 12.0. The first-order valence-electron chi connectivity index (χ1n) is 7.66. The maximum Gasteiger partial charge on any atom is 0.218 e. The molecule has 0 spiro atoms. The Labute approximate surface area is 145 Å². The highest BCUT2D eigenvalue weighted by Gasteiger charge is 2.27. The van der Waals surface area contributed by atoms with Crippen molar-refractivity contribution >= 4 is 22.4 Å². The fourth-order valence-corrected chi connectivity index (χ4v) is 4.41. The molecule has 2 rings (SSSR count). The molecule has 0 bridgehead atoms. The van der Waals surface area contributed by atoms with Gasteiger partial charge in [0.25, 0.3) is 0 Å². The molecule has 5 nitrogen and oxygen atoms in total. The summed E-state index contributed by atoms with van der Waals surface area (Å²) in [7, 11) is -1.36. The topological polar surface area (TPSA) is 73.2 Å². The lowest BCUT2D eigenvalue weighted by Gasteiger charge is -2.31. The molecule has 1 aromatic rings. The van der Waals surface area contributed by atoms with Gasteiger partial charge in [-0.15, -0.1) is 12.4 Å². The number of piperidine rings is 1. The number of benzene rings is 1. The largest absolute Gasteiger partial charge is 0.320 e. The van der Waals surface area contributed by atoms with Crippen molar-refractivity contribution in [1.29, 1.82) is 5.26 Å². The van der Waals surface area contributed by atoms with Crippen molar-refractivity contribution in [3.8, 4) is 6.07 Å². The van der Waals surface area contributed by atoms with Crippen LogP contribution >= 0.6 is 12.4 Å². The minimum Gasteiger partial charge on any atom is -0.320 e. The van der Waals surface area contributed by atoms with E-state index in [4.69, 9.17) is 5.26 Å². The SMILES string of the molecule is CNCCC1CCN(S(=O)(=O)Cc2cccc(C#N)c2)CC1.Cl. The summed E-state index contributed by atoms with van der Waals surface area (Å²) in [4.78, 5) is 0. The maximum absolute atomic E-state index is 12.5. The van der Waals surface area contributed by atoms with Gasteiger partial charge in [-0.05, 0) is 56.5 Å². The van der Waals surface area contributed by atoms with E-state index in [1.807, 2.05) is 13.1 Å². The van der Waals surface area contributed by atoms with E-state index < -0.39 is 10.0 Å². The highest BCUT2D eigenvalue weighted by Crippen LogP contribution is 2.23. The van der Waals surface area contributed by atoms with Gasteiger partial charge in [0, 0.05) is 13.1 Å². The minimum absolute atomic E-state index is 0. The highest BCUT2D eigenvalue weighted by atomic mass is 35.5. The standard InChI is InChI=1S/C16H23N3O2S.ClH/c1-18-8-5-14-6-9-19(10-7-14)22(20,21)13-16-4-2-3-15(11-16)12-17;/h2-4,11,14,18H,5-10,13H2,1H3;1H. The van der Waals surface area contributed by atoms with Crippen molar-refractivity contribution in [2.45, 2.75) is 25.0 Å². The Balaban J connectivity index is 0.00000264. The number of rotatable bonds is 6. The predicted octanol–water partition coefficient (Wildman–Crippen LogP) is 2.13. The molecular weight excluding hydrogens is 334 g/mol. The molecule has 0 saturated carbocycles. The smallest absolute Gasteiger partial charge is 0.218 e. The Hall–Kier alpha value is -1.13. The Morgan fingerprint density at radius 2 is 2.04 bits per heavy atom. The molecule has 0 atom stereocenters. The number of hydrogen-bond donors (Lipinski definition) is 1. The molecule has 1 N–H and O–H groups in total. The molecule has 23 heavy (non-hydrogen) atoms. The molecule has 0 aliphatic carbocycles. The summed E-state index contributed by atoms with van der Waals surface area (Å²) >= 11 is 0. The molecule has 0 unspecified atom stereocenters. The quantitative estimate of drug-likeness (QED) is 0.846. The Morgan fingerprint density at radius 3 is 2.65 bits per heavy atom. The summed E-state index contributed by atoms with van der Waals surface area (Å²) < 4.78 is 26.6. The number of nitrogens with one attached hydrogen (secondary N) is 1. The number of nitriles is 1. The lowest BCUT2D eigenvalue weighted by molar-refractivity contribution is 0.263. The lowest BCUT2D eigenvalue weighted by Crippen LogP contribution is -2.39. The van der Waals surface area contributed by atoms with Gasteiger partial charge in [0.1, 0.15) is 0 Å². The third-order valence-corrected chi connectivity index (χ3v) is 6.02. The van der Waals surface area contributed by atoms with E-state index in [1.165, 1.54) is 0 Å². The van der Waals surface area contributed by atoms with Gasteiger partial charge >= 0.3 is 0 Å². The van der Waals surface area contributed by atoms with Gasteiger partial charge in [0.2, 0.25) is 10.0 Å².